The van der Waals surface area contributed by atoms with Crippen LogP contribution in [0.15, 0.2) is 58.5 Å². The molecule has 0 aliphatic rings. The largest absolute Gasteiger partial charge is 0.355 e. The Hall–Kier alpha value is -2.31. The monoisotopic (exact) mass is 429 g/mol. The Kier molecular flexibility index (Phi) is 7.34. The van der Waals surface area contributed by atoms with Crippen molar-refractivity contribution in [3.63, 3.8) is 0 Å². The summed E-state index contributed by atoms with van der Waals surface area (Å²) in [5.74, 6) is 0.399. The predicted octanol–water partition coefficient (Wildman–Crippen LogP) is 4.16. The summed E-state index contributed by atoms with van der Waals surface area (Å²) < 4.78 is 1.64. The predicted molar refractivity (Wildman–Crippen MR) is 120 cm³/mol. The molecule has 0 fully saturated rings. The van der Waals surface area contributed by atoms with Crippen LogP contribution in [0.3, 0.4) is 0 Å². The second-order valence-electron chi connectivity index (χ2n) is 7.24. The molecule has 0 spiro atoms. The fraction of sp³-hybridized carbons (Fsp3) is 0.318. The molecule has 0 aliphatic carbocycles. The van der Waals surface area contributed by atoms with Gasteiger partial charge in [0, 0.05) is 18.1 Å². The lowest BCUT2D eigenvalue weighted by molar-refractivity contribution is -0.118. The van der Waals surface area contributed by atoms with Gasteiger partial charge >= 0.3 is 0 Å². The number of hydrogen-bond donors (Lipinski definition) is 1. The van der Waals surface area contributed by atoms with E-state index in [1.165, 1.54) is 17.3 Å². The van der Waals surface area contributed by atoms with E-state index in [1.54, 1.807) is 22.8 Å². The van der Waals surface area contributed by atoms with E-state index in [4.69, 9.17) is 11.6 Å². The molecule has 0 unspecified atom stereocenters. The Balaban J connectivity index is 1.70. The molecular weight excluding hydrogens is 406 g/mol. The first-order valence-corrected chi connectivity index (χ1v) is 10.9. The number of hydrogen-bond acceptors (Lipinski definition) is 4. The number of halogens is 1. The van der Waals surface area contributed by atoms with Crippen LogP contribution < -0.4 is 10.9 Å². The molecule has 29 heavy (non-hydrogen) atoms. The molecule has 1 amide bonds. The van der Waals surface area contributed by atoms with Gasteiger partial charge in [-0.05, 0) is 36.1 Å². The van der Waals surface area contributed by atoms with Crippen molar-refractivity contribution < 1.29 is 4.79 Å². The van der Waals surface area contributed by atoms with E-state index in [-0.39, 0.29) is 23.1 Å². The zero-order valence-corrected chi connectivity index (χ0v) is 18.1. The lowest BCUT2D eigenvalue weighted by Gasteiger charge is -2.15. The highest BCUT2D eigenvalue weighted by Crippen LogP contribution is 2.21. The first-order valence-electron chi connectivity index (χ1n) is 9.57. The molecule has 1 N–H and O–H groups in total. The van der Waals surface area contributed by atoms with Crippen LogP contribution in [-0.4, -0.2) is 27.8 Å². The van der Waals surface area contributed by atoms with Crippen molar-refractivity contribution in [2.24, 2.45) is 5.92 Å². The van der Waals surface area contributed by atoms with Gasteiger partial charge in [0.2, 0.25) is 5.91 Å². The van der Waals surface area contributed by atoms with Crippen LogP contribution in [0.25, 0.3) is 10.9 Å². The Morgan fingerprint density at radius 3 is 2.69 bits per heavy atom. The van der Waals surface area contributed by atoms with Crippen LogP contribution in [0.2, 0.25) is 5.02 Å². The number of aromatic nitrogens is 2. The highest BCUT2D eigenvalue weighted by molar-refractivity contribution is 7.99. The van der Waals surface area contributed by atoms with E-state index in [9.17, 15) is 9.59 Å². The third-order valence-electron chi connectivity index (χ3n) is 4.34. The smallest absolute Gasteiger partial charge is 0.262 e. The van der Waals surface area contributed by atoms with E-state index in [0.717, 1.165) is 6.42 Å². The lowest BCUT2D eigenvalue weighted by Crippen LogP contribution is -2.29. The Labute approximate surface area is 179 Å². The molecule has 0 aliphatic heterocycles. The van der Waals surface area contributed by atoms with Gasteiger partial charge in [-0.2, -0.15) is 0 Å². The van der Waals surface area contributed by atoms with E-state index in [1.807, 2.05) is 44.2 Å². The topological polar surface area (TPSA) is 64.0 Å². The summed E-state index contributed by atoms with van der Waals surface area (Å²) >= 11 is 7.33. The molecule has 0 saturated carbocycles. The van der Waals surface area contributed by atoms with Crippen LogP contribution in [0.4, 0.5) is 0 Å². The number of carbonyl (C=O) groups is 1. The third kappa shape index (κ3) is 5.84. The van der Waals surface area contributed by atoms with Gasteiger partial charge in [-0.15, -0.1) is 0 Å². The van der Waals surface area contributed by atoms with Gasteiger partial charge in [-0.1, -0.05) is 67.5 Å². The average molecular weight is 430 g/mol. The molecule has 152 valence electrons. The summed E-state index contributed by atoms with van der Waals surface area (Å²) in [6.45, 7) is 5.19. The summed E-state index contributed by atoms with van der Waals surface area (Å²) in [4.78, 5) is 29.8. The van der Waals surface area contributed by atoms with Crippen LogP contribution in [0.1, 0.15) is 19.4 Å². The standard InChI is InChI=1S/C22H24ClN3O2S/c1-15(2)13-26-21(28)18-12-17(23)8-9-19(18)25-22(26)29-14-20(27)24-11-10-16-6-4-3-5-7-16/h3-9,12,15H,10-11,13-14H2,1-2H3,(H,24,27). The number of carbonyl (C=O) groups excluding carboxylic acids is 1. The fourth-order valence-corrected chi connectivity index (χ4v) is 3.99. The first kappa shape index (κ1) is 21.4. The van der Waals surface area contributed by atoms with Gasteiger partial charge in [0.1, 0.15) is 0 Å². The highest BCUT2D eigenvalue weighted by Gasteiger charge is 2.14. The molecule has 5 nitrogen and oxygen atoms in total. The summed E-state index contributed by atoms with van der Waals surface area (Å²) in [5, 5.41) is 4.48. The summed E-state index contributed by atoms with van der Waals surface area (Å²) in [7, 11) is 0. The molecule has 2 aromatic carbocycles. The van der Waals surface area contributed by atoms with E-state index in [2.05, 4.69) is 10.3 Å². The number of rotatable bonds is 8. The van der Waals surface area contributed by atoms with E-state index >= 15 is 0 Å². The molecule has 0 atom stereocenters. The fourth-order valence-electron chi connectivity index (χ4n) is 2.98. The number of amides is 1. The third-order valence-corrected chi connectivity index (χ3v) is 5.55. The molecule has 1 aromatic heterocycles. The summed E-state index contributed by atoms with van der Waals surface area (Å²) in [5.41, 5.74) is 1.64. The maximum absolute atomic E-state index is 13.0. The highest BCUT2D eigenvalue weighted by atomic mass is 35.5. The van der Waals surface area contributed by atoms with Crippen molar-refractivity contribution >= 4 is 40.2 Å². The number of fused-ring (bicyclic) bond motifs is 1. The van der Waals surface area contributed by atoms with Crippen molar-refractivity contribution in [1.29, 1.82) is 0 Å². The van der Waals surface area contributed by atoms with Crippen LogP contribution in [-0.2, 0) is 17.8 Å². The van der Waals surface area contributed by atoms with E-state index in [0.29, 0.717) is 34.2 Å². The Morgan fingerprint density at radius 2 is 1.97 bits per heavy atom. The minimum absolute atomic E-state index is 0.0764. The van der Waals surface area contributed by atoms with Crippen molar-refractivity contribution in [3.8, 4) is 0 Å². The number of thioether (sulfide) groups is 1. The number of nitrogens with one attached hydrogen (secondary N) is 1. The molecule has 0 radical (unpaired) electrons. The number of benzene rings is 2. The van der Waals surface area contributed by atoms with Gasteiger partial charge in [0.25, 0.3) is 5.56 Å². The molecule has 7 heteroatoms. The van der Waals surface area contributed by atoms with Gasteiger partial charge < -0.3 is 5.32 Å². The second-order valence-corrected chi connectivity index (χ2v) is 8.62. The SMILES string of the molecule is CC(C)Cn1c(SCC(=O)NCCc2ccccc2)nc2ccc(Cl)cc2c1=O. The number of nitrogens with zero attached hydrogens (tertiary/aromatic N) is 2. The van der Waals surface area contributed by atoms with E-state index < -0.39 is 0 Å². The van der Waals surface area contributed by atoms with Gasteiger partial charge in [-0.3, -0.25) is 14.2 Å². The molecule has 1 heterocycles. The first-order chi connectivity index (χ1) is 13.9. The van der Waals surface area contributed by atoms with Crippen LogP contribution in [0.5, 0.6) is 0 Å². The molecular formula is C22H24ClN3O2S. The lowest BCUT2D eigenvalue weighted by atomic mass is 10.1. The van der Waals surface area contributed by atoms with Gasteiger partial charge in [0.15, 0.2) is 5.16 Å². The van der Waals surface area contributed by atoms with Crippen molar-refractivity contribution in [2.45, 2.75) is 32.0 Å². The Bertz CT molecular complexity index is 1050. The maximum Gasteiger partial charge on any atom is 0.262 e. The molecule has 0 saturated heterocycles. The zero-order chi connectivity index (χ0) is 20.8. The minimum atomic E-state index is -0.127. The molecule has 3 aromatic rings. The summed E-state index contributed by atoms with van der Waals surface area (Å²) in [6, 6.07) is 15.1. The van der Waals surface area contributed by atoms with Crippen LogP contribution in [0, 0.1) is 5.92 Å². The normalized spacial score (nSPS) is 11.2. The average Bonchev–Trinajstić information content (AvgIpc) is 2.70. The van der Waals surface area contributed by atoms with Crippen molar-refractivity contribution in [1.82, 2.24) is 14.9 Å². The Morgan fingerprint density at radius 1 is 1.21 bits per heavy atom. The van der Waals surface area contributed by atoms with Crippen molar-refractivity contribution in [2.75, 3.05) is 12.3 Å². The quantitative estimate of drug-likeness (QED) is 0.431. The molecule has 0 bridgehead atoms. The van der Waals surface area contributed by atoms with Crippen LogP contribution >= 0.6 is 23.4 Å². The minimum Gasteiger partial charge on any atom is -0.355 e. The molecule has 3 rings (SSSR count). The second kappa shape index (κ2) is 9.94. The summed E-state index contributed by atoms with van der Waals surface area (Å²) in [6.07, 6.45) is 0.782. The maximum atomic E-state index is 13.0. The van der Waals surface area contributed by atoms with Crippen molar-refractivity contribution in [3.05, 3.63) is 69.5 Å². The zero-order valence-electron chi connectivity index (χ0n) is 16.5. The van der Waals surface area contributed by atoms with Gasteiger partial charge in [0.05, 0.1) is 16.7 Å². The van der Waals surface area contributed by atoms with Gasteiger partial charge in [-0.25, -0.2) is 4.98 Å².